The van der Waals surface area contributed by atoms with Crippen molar-refractivity contribution in [1.82, 2.24) is 10.3 Å². The molecule has 0 radical (unpaired) electrons. The van der Waals surface area contributed by atoms with Crippen LogP contribution in [0.4, 0.5) is 0 Å². The molecule has 1 aromatic heterocycles. The number of nitrogens with one attached hydrogen (secondary N) is 1. The van der Waals surface area contributed by atoms with Crippen LogP contribution in [-0.4, -0.2) is 11.5 Å². The van der Waals surface area contributed by atoms with Gasteiger partial charge in [-0.05, 0) is 32.2 Å². The van der Waals surface area contributed by atoms with E-state index >= 15 is 0 Å². The van der Waals surface area contributed by atoms with Gasteiger partial charge in [0, 0.05) is 16.5 Å². The van der Waals surface area contributed by atoms with Gasteiger partial charge in [-0.1, -0.05) is 13.3 Å². The van der Waals surface area contributed by atoms with Crippen LogP contribution < -0.4 is 5.32 Å². The topological polar surface area (TPSA) is 24.9 Å². The van der Waals surface area contributed by atoms with Crippen LogP contribution >= 0.6 is 11.3 Å². The van der Waals surface area contributed by atoms with Crippen LogP contribution in [0.5, 0.6) is 0 Å². The Balaban J connectivity index is 1.77. The molecule has 82 valence electrons. The number of nitrogens with zero attached hydrogens (tertiary/aromatic N) is 1. The predicted octanol–water partition coefficient (Wildman–Crippen LogP) is 3.01. The van der Waals surface area contributed by atoms with Crippen LogP contribution in [0, 0.1) is 0 Å². The first kappa shape index (κ1) is 9.79. The van der Waals surface area contributed by atoms with Gasteiger partial charge in [-0.3, -0.25) is 0 Å². The molecule has 1 aromatic rings. The van der Waals surface area contributed by atoms with Gasteiger partial charge in [0.2, 0.25) is 0 Å². The highest BCUT2D eigenvalue weighted by Crippen LogP contribution is 2.50. The maximum atomic E-state index is 4.60. The highest BCUT2D eigenvalue weighted by atomic mass is 32.1. The summed E-state index contributed by atoms with van der Waals surface area (Å²) < 4.78 is 0. The molecule has 1 unspecified atom stereocenters. The molecular formula is C12H18N2S. The summed E-state index contributed by atoms with van der Waals surface area (Å²) in [5.74, 6) is 0. The molecule has 0 amide bonds. The summed E-state index contributed by atoms with van der Waals surface area (Å²) in [6.45, 7) is 3.52. The fraction of sp³-hybridized carbons (Fsp3) is 0.750. The van der Waals surface area contributed by atoms with E-state index in [1.54, 1.807) is 0 Å². The highest BCUT2D eigenvalue weighted by molar-refractivity contribution is 7.11. The summed E-state index contributed by atoms with van der Waals surface area (Å²) in [4.78, 5) is 6.11. The van der Waals surface area contributed by atoms with Gasteiger partial charge in [0.1, 0.15) is 5.01 Å². The number of hydrogen-bond acceptors (Lipinski definition) is 3. The van der Waals surface area contributed by atoms with Crippen molar-refractivity contribution in [2.45, 2.75) is 50.5 Å². The molecule has 0 bridgehead atoms. The second-order valence-corrected chi connectivity index (χ2v) is 6.19. The molecule has 2 fully saturated rings. The minimum Gasteiger partial charge on any atom is -0.308 e. The van der Waals surface area contributed by atoms with Crippen molar-refractivity contribution in [2.24, 2.45) is 0 Å². The van der Waals surface area contributed by atoms with E-state index in [1.807, 2.05) is 11.3 Å². The Bertz CT molecular complexity index is 348. The van der Waals surface area contributed by atoms with Gasteiger partial charge in [-0.15, -0.1) is 11.3 Å². The van der Waals surface area contributed by atoms with E-state index in [0.717, 1.165) is 6.54 Å². The molecule has 3 rings (SSSR count). The van der Waals surface area contributed by atoms with Crippen molar-refractivity contribution >= 4 is 11.3 Å². The number of rotatable bonds is 2. The van der Waals surface area contributed by atoms with Gasteiger partial charge in [-0.25, -0.2) is 4.98 Å². The minimum absolute atomic E-state index is 0.491. The third-order valence-corrected chi connectivity index (χ3v) is 5.14. The first-order chi connectivity index (χ1) is 7.28. The smallest absolute Gasteiger partial charge is 0.110 e. The molecule has 2 nitrogen and oxygen atoms in total. The lowest BCUT2D eigenvalue weighted by Crippen LogP contribution is -2.26. The largest absolute Gasteiger partial charge is 0.308 e. The third-order valence-electron chi connectivity index (χ3n) is 3.73. The second-order valence-electron chi connectivity index (χ2n) is 5.13. The van der Waals surface area contributed by atoms with E-state index in [4.69, 9.17) is 0 Å². The standard InChI is InChI=1S/C12H18N2S/c1-12(5-6-12)10-8-14-11(15-10)9-4-2-3-7-13-9/h8-9,13H,2-7H2,1H3. The van der Waals surface area contributed by atoms with Crippen molar-refractivity contribution in [3.05, 3.63) is 16.1 Å². The molecule has 15 heavy (non-hydrogen) atoms. The monoisotopic (exact) mass is 222 g/mol. The molecular weight excluding hydrogens is 204 g/mol. The van der Waals surface area contributed by atoms with Gasteiger partial charge < -0.3 is 5.32 Å². The fourth-order valence-electron chi connectivity index (χ4n) is 2.22. The number of piperidine rings is 1. The van der Waals surface area contributed by atoms with Crippen molar-refractivity contribution < 1.29 is 0 Å². The summed E-state index contributed by atoms with van der Waals surface area (Å²) in [5.41, 5.74) is 0.491. The molecule has 1 N–H and O–H groups in total. The zero-order valence-corrected chi connectivity index (χ0v) is 10.1. The van der Waals surface area contributed by atoms with Crippen molar-refractivity contribution in [1.29, 1.82) is 0 Å². The van der Waals surface area contributed by atoms with Crippen LogP contribution in [0.15, 0.2) is 6.20 Å². The van der Waals surface area contributed by atoms with Gasteiger partial charge >= 0.3 is 0 Å². The van der Waals surface area contributed by atoms with Crippen molar-refractivity contribution in [3.63, 3.8) is 0 Å². The lowest BCUT2D eigenvalue weighted by Gasteiger charge is -2.21. The normalized spacial score (nSPS) is 29.0. The fourth-order valence-corrected chi connectivity index (χ4v) is 3.45. The van der Waals surface area contributed by atoms with Gasteiger partial charge in [0.05, 0.1) is 6.04 Å². The maximum absolute atomic E-state index is 4.60. The summed E-state index contributed by atoms with van der Waals surface area (Å²) in [7, 11) is 0. The number of thiazole rings is 1. The second kappa shape index (κ2) is 3.56. The van der Waals surface area contributed by atoms with Crippen LogP contribution in [-0.2, 0) is 5.41 Å². The number of aromatic nitrogens is 1. The summed E-state index contributed by atoms with van der Waals surface area (Å²) >= 11 is 1.94. The maximum Gasteiger partial charge on any atom is 0.110 e. The molecule has 2 heterocycles. The highest BCUT2D eigenvalue weighted by Gasteiger charge is 2.41. The van der Waals surface area contributed by atoms with Crippen molar-refractivity contribution in [2.75, 3.05) is 6.54 Å². The lowest BCUT2D eigenvalue weighted by molar-refractivity contribution is 0.411. The first-order valence-corrected chi connectivity index (χ1v) is 6.79. The average Bonchev–Trinajstić information content (AvgIpc) is 2.85. The van der Waals surface area contributed by atoms with Crippen LogP contribution in [0.25, 0.3) is 0 Å². The molecule has 1 saturated carbocycles. The van der Waals surface area contributed by atoms with Gasteiger partial charge in [0.25, 0.3) is 0 Å². The van der Waals surface area contributed by atoms with Gasteiger partial charge in [0.15, 0.2) is 0 Å². The summed E-state index contributed by atoms with van der Waals surface area (Å²) in [5, 5.41) is 4.89. The number of hydrogen-bond donors (Lipinski definition) is 1. The van der Waals surface area contributed by atoms with E-state index in [-0.39, 0.29) is 0 Å². The zero-order chi connectivity index (χ0) is 10.3. The van der Waals surface area contributed by atoms with E-state index in [0.29, 0.717) is 11.5 Å². The Labute approximate surface area is 95.1 Å². The third kappa shape index (κ3) is 1.83. The minimum atomic E-state index is 0.491. The average molecular weight is 222 g/mol. The molecule has 0 aromatic carbocycles. The molecule has 1 saturated heterocycles. The zero-order valence-electron chi connectivity index (χ0n) is 9.25. The van der Waals surface area contributed by atoms with Crippen LogP contribution in [0.2, 0.25) is 0 Å². The van der Waals surface area contributed by atoms with Crippen LogP contribution in [0.1, 0.15) is 55.0 Å². The Hall–Kier alpha value is -0.410. The van der Waals surface area contributed by atoms with Crippen LogP contribution in [0.3, 0.4) is 0 Å². The molecule has 3 heteroatoms. The quantitative estimate of drug-likeness (QED) is 0.832. The van der Waals surface area contributed by atoms with Gasteiger partial charge in [-0.2, -0.15) is 0 Å². The lowest BCUT2D eigenvalue weighted by atomic mass is 10.1. The Kier molecular flexibility index (Phi) is 2.33. The van der Waals surface area contributed by atoms with E-state index in [2.05, 4.69) is 23.4 Å². The Morgan fingerprint density at radius 3 is 3.00 bits per heavy atom. The summed E-state index contributed by atoms with van der Waals surface area (Å²) in [6.07, 6.45) is 8.77. The molecule has 1 atom stereocenters. The molecule has 1 aliphatic heterocycles. The Morgan fingerprint density at radius 1 is 1.47 bits per heavy atom. The SMILES string of the molecule is CC1(c2cnc(C3CCCCN3)s2)CC1. The summed E-state index contributed by atoms with van der Waals surface area (Å²) in [6, 6.07) is 0.542. The van der Waals surface area contributed by atoms with E-state index in [9.17, 15) is 0 Å². The molecule has 0 spiro atoms. The van der Waals surface area contributed by atoms with Crippen molar-refractivity contribution in [3.8, 4) is 0 Å². The molecule has 1 aliphatic carbocycles. The van der Waals surface area contributed by atoms with E-state index < -0.39 is 0 Å². The Morgan fingerprint density at radius 2 is 2.33 bits per heavy atom. The molecule has 2 aliphatic rings. The van der Waals surface area contributed by atoms with E-state index in [1.165, 1.54) is 42.0 Å². The predicted molar refractivity (Wildman–Crippen MR) is 63.3 cm³/mol. The first-order valence-electron chi connectivity index (χ1n) is 5.97.